The fraction of sp³-hybridized carbons (Fsp3) is 0.235. The van der Waals surface area contributed by atoms with Crippen molar-refractivity contribution >= 4 is 27.6 Å². The van der Waals surface area contributed by atoms with Crippen LogP contribution in [0.1, 0.15) is 31.1 Å². The van der Waals surface area contributed by atoms with Crippen LogP contribution in [0.3, 0.4) is 0 Å². The topological polar surface area (TPSA) is 78.7 Å². The Morgan fingerprint density at radius 2 is 1.88 bits per heavy atom. The molecule has 0 amide bonds. The average molecular weight is 394 g/mol. The molecule has 0 bridgehead atoms. The Kier molecular flexibility index (Phi) is 5.23. The first-order chi connectivity index (χ1) is 11.2. The van der Waals surface area contributed by atoms with Gasteiger partial charge in [0.15, 0.2) is 0 Å². The van der Waals surface area contributed by atoms with E-state index in [4.69, 9.17) is 9.47 Å². The second-order valence-corrected chi connectivity index (χ2v) is 6.91. The van der Waals surface area contributed by atoms with Crippen molar-refractivity contribution in [1.29, 1.82) is 0 Å². The van der Waals surface area contributed by atoms with Gasteiger partial charge >= 0.3 is 5.97 Å². The second kappa shape index (κ2) is 7.00. The highest BCUT2D eigenvalue weighted by molar-refractivity contribution is 9.10. The van der Waals surface area contributed by atoms with Crippen molar-refractivity contribution in [2.24, 2.45) is 0 Å². The average Bonchev–Trinajstić information content (AvgIpc) is 2.45. The predicted octanol–water partition coefficient (Wildman–Crippen LogP) is 5.10. The Balaban J connectivity index is 2.43. The van der Waals surface area contributed by atoms with Gasteiger partial charge < -0.3 is 9.47 Å². The van der Waals surface area contributed by atoms with Gasteiger partial charge in [-0.05, 0) is 45.0 Å². The highest BCUT2D eigenvalue weighted by Crippen LogP contribution is 2.31. The van der Waals surface area contributed by atoms with Gasteiger partial charge in [0.2, 0.25) is 0 Å². The monoisotopic (exact) mass is 393 g/mol. The molecule has 0 N–H and O–H groups in total. The molecule has 126 valence electrons. The highest BCUT2D eigenvalue weighted by atomic mass is 79.9. The molecule has 0 spiro atoms. The molecule has 7 heteroatoms. The molecule has 0 unspecified atom stereocenters. The smallest absolute Gasteiger partial charge is 0.342 e. The summed E-state index contributed by atoms with van der Waals surface area (Å²) in [6, 6.07) is 10.7. The Morgan fingerprint density at radius 3 is 2.46 bits per heavy atom. The normalized spacial score (nSPS) is 11.0. The number of halogens is 1. The van der Waals surface area contributed by atoms with Crippen molar-refractivity contribution in [3.8, 4) is 11.5 Å². The van der Waals surface area contributed by atoms with E-state index >= 15 is 0 Å². The number of nitrogens with zero attached hydrogens (tertiary/aromatic N) is 1. The third-order valence-corrected chi connectivity index (χ3v) is 3.31. The van der Waals surface area contributed by atoms with Crippen molar-refractivity contribution < 1.29 is 19.2 Å². The van der Waals surface area contributed by atoms with Crippen LogP contribution in [-0.2, 0) is 4.74 Å². The number of carbonyl (C=O) groups excluding carboxylic acids is 1. The molecule has 6 nitrogen and oxygen atoms in total. The molecule has 0 atom stereocenters. The third-order valence-electron chi connectivity index (χ3n) is 2.82. The van der Waals surface area contributed by atoms with Gasteiger partial charge in [-0.25, -0.2) is 4.79 Å². The van der Waals surface area contributed by atoms with Gasteiger partial charge in [-0.3, -0.25) is 10.1 Å². The van der Waals surface area contributed by atoms with Crippen LogP contribution in [-0.4, -0.2) is 16.5 Å². The number of nitro groups is 1. The summed E-state index contributed by atoms with van der Waals surface area (Å²) in [6.07, 6.45) is 0. The minimum atomic E-state index is -0.689. The molecule has 0 fully saturated rings. The van der Waals surface area contributed by atoms with Crippen LogP contribution in [0.5, 0.6) is 11.5 Å². The molecular formula is C17H16BrNO5. The summed E-state index contributed by atoms with van der Waals surface area (Å²) in [5.41, 5.74) is -0.742. The molecule has 0 aliphatic rings. The summed E-state index contributed by atoms with van der Waals surface area (Å²) in [5, 5.41) is 11.0. The molecule has 24 heavy (non-hydrogen) atoms. The van der Waals surface area contributed by atoms with E-state index in [1.54, 1.807) is 39.0 Å². The van der Waals surface area contributed by atoms with Gasteiger partial charge in [0, 0.05) is 10.5 Å². The van der Waals surface area contributed by atoms with Crippen molar-refractivity contribution in [2.75, 3.05) is 0 Å². The minimum Gasteiger partial charge on any atom is -0.456 e. The molecule has 0 aliphatic heterocycles. The van der Waals surface area contributed by atoms with Crippen LogP contribution in [0, 0.1) is 10.1 Å². The number of benzene rings is 2. The van der Waals surface area contributed by atoms with E-state index < -0.39 is 16.5 Å². The van der Waals surface area contributed by atoms with Crippen LogP contribution in [0.15, 0.2) is 46.9 Å². The number of rotatable bonds is 4. The van der Waals surface area contributed by atoms with E-state index in [1.165, 1.54) is 18.2 Å². The van der Waals surface area contributed by atoms with E-state index in [0.717, 1.165) is 4.47 Å². The Morgan fingerprint density at radius 1 is 1.17 bits per heavy atom. The lowest BCUT2D eigenvalue weighted by Crippen LogP contribution is -2.24. The number of non-ortho nitro benzene ring substituents is 1. The van der Waals surface area contributed by atoms with Gasteiger partial charge in [-0.15, -0.1) is 0 Å². The molecule has 0 saturated heterocycles. The lowest BCUT2D eigenvalue weighted by Gasteiger charge is -2.20. The first kappa shape index (κ1) is 17.9. The maximum absolute atomic E-state index is 12.3. The van der Waals surface area contributed by atoms with E-state index in [2.05, 4.69) is 15.9 Å². The quantitative estimate of drug-likeness (QED) is 0.409. The molecule has 0 aromatic heterocycles. The predicted molar refractivity (Wildman–Crippen MR) is 92.5 cm³/mol. The van der Waals surface area contributed by atoms with Gasteiger partial charge in [-0.2, -0.15) is 0 Å². The van der Waals surface area contributed by atoms with Crippen LogP contribution in [0.2, 0.25) is 0 Å². The summed E-state index contributed by atoms with van der Waals surface area (Å²) < 4.78 is 11.8. The summed E-state index contributed by atoms with van der Waals surface area (Å²) in [5.74, 6) is -0.103. The van der Waals surface area contributed by atoms with E-state index in [0.29, 0.717) is 5.75 Å². The Hall–Kier alpha value is -2.41. The number of nitro benzene ring substituents is 1. The largest absolute Gasteiger partial charge is 0.456 e. The number of esters is 1. The van der Waals surface area contributed by atoms with Crippen LogP contribution in [0.25, 0.3) is 0 Å². The van der Waals surface area contributed by atoms with Gasteiger partial charge in [0.05, 0.1) is 11.0 Å². The summed E-state index contributed by atoms with van der Waals surface area (Å²) in [6.45, 7) is 5.22. The highest BCUT2D eigenvalue weighted by Gasteiger charge is 2.23. The fourth-order valence-corrected chi connectivity index (χ4v) is 2.25. The lowest BCUT2D eigenvalue weighted by molar-refractivity contribution is -0.384. The SMILES string of the molecule is CC(C)(C)OC(=O)c1ccc([N+](=O)[O-])cc1Oc1cccc(Br)c1. The molecule has 0 saturated carbocycles. The van der Waals surface area contributed by atoms with Crippen LogP contribution < -0.4 is 4.74 Å². The molecule has 0 radical (unpaired) electrons. The number of carbonyl (C=O) groups is 1. The standard InChI is InChI=1S/C17H16BrNO5/c1-17(2,3)24-16(20)14-8-7-12(19(21)22)10-15(14)23-13-6-4-5-11(18)9-13/h4-10H,1-3H3. The Labute approximate surface area is 147 Å². The number of hydrogen-bond donors (Lipinski definition) is 0. The van der Waals surface area contributed by atoms with Crippen molar-refractivity contribution in [1.82, 2.24) is 0 Å². The van der Waals surface area contributed by atoms with Gasteiger partial charge in [-0.1, -0.05) is 22.0 Å². The zero-order valence-corrected chi connectivity index (χ0v) is 15.0. The third kappa shape index (κ3) is 4.79. The van der Waals surface area contributed by atoms with E-state index in [9.17, 15) is 14.9 Å². The number of hydrogen-bond acceptors (Lipinski definition) is 5. The minimum absolute atomic E-state index is 0.0663. The van der Waals surface area contributed by atoms with Crippen molar-refractivity contribution in [2.45, 2.75) is 26.4 Å². The van der Waals surface area contributed by atoms with Crippen molar-refractivity contribution in [3.05, 3.63) is 62.6 Å². The fourth-order valence-electron chi connectivity index (χ4n) is 1.87. The summed E-state index contributed by atoms with van der Waals surface area (Å²) in [4.78, 5) is 22.8. The van der Waals surface area contributed by atoms with Gasteiger partial charge in [0.1, 0.15) is 22.7 Å². The first-order valence-electron chi connectivity index (χ1n) is 7.11. The lowest BCUT2D eigenvalue weighted by atomic mass is 10.1. The Bertz CT molecular complexity index is 783. The molecule has 2 aromatic carbocycles. The van der Waals surface area contributed by atoms with Gasteiger partial charge in [0.25, 0.3) is 5.69 Å². The molecular weight excluding hydrogens is 378 g/mol. The number of ether oxygens (including phenoxy) is 2. The maximum Gasteiger partial charge on any atom is 0.342 e. The molecule has 2 aromatic rings. The molecule has 0 heterocycles. The van der Waals surface area contributed by atoms with Crippen molar-refractivity contribution in [3.63, 3.8) is 0 Å². The summed E-state index contributed by atoms with van der Waals surface area (Å²) in [7, 11) is 0. The first-order valence-corrected chi connectivity index (χ1v) is 7.90. The van der Waals surface area contributed by atoms with E-state index in [-0.39, 0.29) is 17.0 Å². The van der Waals surface area contributed by atoms with Crippen LogP contribution in [0.4, 0.5) is 5.69 Å². The van der Waals surface area contributed by atoms with E-state index in [1.807, 2.05) is 6.07 Å². The molecule has 0 aliphatic carbocycles. The molecule has 2 rings (SSSR count). The van der Waals surface area contributed by atoms with Crippen LogP contribution >= 0.6 is 15.9 Å². The summed E-state index contributed by atoms with van der Waals surface area (Å²) >= 11 is 3.32. The zero-order chi connectivity index (χ0) is 17.9. The zero-order valence-electron chi connectivity index (χ0n) is 13.4. The second-order valence-electron chi connectivity index (χ2n) is 6.00. The maximum atomic E-state index is 12.3.